The summed E-state index contributed by atoms with van der Waals surface area (Å²) in [6.45, 7) is 0. The molecular formula is C24H18FNO7S. The smallest absolute Gasteiger partial charge is 0.363 e. The lowest BCUT2D eigenvalue weighted by Crippen LogP contribution is -2.10. The SMILES string of the molecule is COc1ccc(S(=O)(=O)Oc2ccc(C=C3N=C(c4ccccc4F)OC3=O)cc2OC)cc1. The zero-order valence-electron chi connectivity index (χ0n) is 18.0. The number of nitrogens with zero attached hydrogens (tertiary/aromatic N) is 1. The van der Waals surface area contributed by atoms with Crippen molar-refractivity contribution in [3.05, 3.63) is 89.4 Å². The Morgan fingerprint density at radius 1 is 0.941 bits per heavy atom. The van der Waals surface area contributed by atoms with Gasteiger partial charge in [-0.1, -0.05) is 18.2 Å². The summed E-state index contributed by atoms with van der Waals surface area (Å²) < 4.78 is 59.9. The number of carbonyl (C=O) groups is 1. The molecule has 0 bridgehead atoms. The predicted octanol–water partition coefficient (Wildman–Crippen LogP) is 3.96. The van der Waals surface area contributed by atoms with Crippen LogP contribution in [0, 0.1) is 5.82 Å². The fourth-order valence-corrected chi connectivity index (χ4v) is 4.01. The molecule has 3 aromatic rings. The molecule has 0 radical (unpaired) electrons. The van der Waals surface area contributed by atoms with E-state index in [1.807, 2.05) is 0 Å². The molecule has 10 heteroatoms. The quantitative estimate of drug-likeness (QED) is 0.285. The number of halogens is 1. The van der Waals surface area contributed by atoms with Gasteiger partial charge in [0, 0.05) is 0 Å². The summed E-state index contributed by atoms with van der Waals surface area (Å²) in [6, 6.07) is 15.9. The Morgan fingerprint density at radius 3 is 2.35 bits per heavy atom. The van der Waals surface area contributed by atoms with Crippen LogP contribution in [0.5, 0.6) is 17.2 Å². The third-order valence-electron chi connectivity index (χ3n) is 4.76. The number of ether oxygens (including phenoxy) is 3. The Morgan fingerprint density at radius 2 is 1.68 bits per heavy atom. The predicted molar refractivity (Wildman–Crippen MR) is 121 cm³/mol. The van der Waals surface area contributed by atoms with Crippen molar-refractivity contribution < 1.29 is 36.0 Å². The van der Waals surface area contributed by atoms with Gasteiger partial charge in [0.05, 0.1) is 19.8 Å². The number of hydrogen-bond acceptors (Lipinski definition) is 8. The Balaban J connectivity index is 1.60. The zero-order valence-corrected chi connectivity index (χ0v) is 18.8. The van der Waals surface area contributed by atoms with Gasteiger partial charge in [-0.2, -0.15) is 8.42 Å². The van der Waals surface area contributed by atoms with Gasteiger partial charge < -0.3 is 18.4 Å². The molecule has 0 fully saturated rings. The zero-order chi connectivity index (χ0) is 24.3. The van der Waals surface area contributed by atoms with E-state index >= 15 is 0 Å². The standard InChI is InChI=1S/C24H18FNO7S/c1-30-16-8-10-17(11-9-16)34(28,29)33-21-12-7-15(14-22(21)31-2)13-20-24(27)32-23(26-20)18-5-3-4-6-19(18)25/h3-14H,1-2H3. The normalized spacial score (nSPS) is 14.5. The van der Waals surface area contributed by atoms with E-state index in [4.69, 9.17) is 18.4 Å². The largest absolute Gasteiger partial charge is 0.497 e. The second-order valence-electron chi connectivity index (χ2n) is 6.94. The first-order valence-corrected chi connectivity index (χ1v) is 11.3. The van der Waals surface area contributed by atoms with Crippen LogP contribution in [0.3, 0.4) is 0 Å². The lowest BCUT2D eigenvalue weighted by atomic mass is 10.1. The van der Waals surface area contributed by atoms with E-state index in [0.29, 0.717) is 11.3 Å². The molecule has 0 atom stereocenters. The van der Waals surface area contributed by atoms with Crippen LogP contribution < -0.4 is 13.7 Å². The van der Waals surface area contributed by atoms with Crippen LogP contribution in [0.25, 0.3) is 6.08 Å². The summed E-state index contributed by atoms with van der Waals surface area (Å²) in [5.41, 5.74) is 0.459. The Bertz CT molecular complexity index is 1410. The second-order valence-corrected chi connectivity index (χ2v) is 8.49. The molecule has 0 aromatic heterocycles. The molecule has 0 aliphatic carbocycles. The minimum absolute atomic E-state index is 0.0509. The van der Waals surface area contributed by atoms with E-state index in [9.17, 15) is 17.6 Å². The molecule has 1 aliphatic rings. The number of methoxy groups -OCH3 is 2. The molecule has 1 heterocycles. The maximum Gasteiger partial charge on any atom is 0.363 e. The molecule has 0 spiro atoms. The Hall–Kier alpha value is -4.18. The average molecular weight is 483 g/mol. The fraction of sp³-hybridized carbons (Fsp3) is 0.0833. The molecule has 0 N–H and O–H groups in total. The van der Waals surface area contributed by atoms with Crippen LogP contribution in [0.1, 0.15) is 11.1 Å². The topological polar surface area (TPSA) is 100 Å². The Labute approximate surface area is 195 Å². The minimum Gasteiger partial charge on any atom is -0.497 e. The molecule has 4 rings (SSSR count). The summed E-state index contributed by atoms with van der Waals surface area (Å²) in [5, 5.41) is 0. The maximum atomic E-state index is 14.0. The molecule has 34 heavy (non-hydrogen) atoms. The first kappa shape index (κ1) is 23.0. The van der Waals surface area contributed by atoms with Crippen molar-refractivity contribution in [2.24, 2.45) is 4.99 Å². The highest BCUT2D eigenvalue weighted by molar-refractivity contribution is 7.87. The van der Waals surface area contributed by atoms with Crippen LogP contribution in [-0.2, 0) is 19.6 Å². The molecule has 0 amide bonds. The first-order chi connectivity index (χ1) is 16.3. The van der Waals surface area contributed by atoms with Gasteiger partial charge in [0.2, 0.25) is 5.90 Å². The van der Waals surface area contributed by atoms with Crippen molar-refractivity contribution >= 4 is 28.1 Å². The molecule has 8 nitrogen and oxygen atoms in total. The lowest BCUT2D eigenvalue weighted by Gasteiger charge is -2.11. The van der Waals surface area contributed by atoms with Crippen molar-refractivity contribution in [3.63, 3.8) is 0 Å². The number of carbonyl (C=O) groups excluding carboxylic acids is 1. The van der Waals surface area contributed by atoms with Crippen LogP contribution in [0.4, 0.5) is 4.39 Å². The number of esters is 1. The van der Waals surface area contributed by atoms with Crippen molar-refractivity contribution in [3.8, 4) is 17.2 Å². The van der Waals surface area contributed by atoms with Crippen LogP contribution in [0.2, 0.25) is 0 Å². The molecule has 0 saturated heterocycles. The van der Waals surface area contributed by atoms with E-state index < -0.39 is 21.9 Å². The second kappa shape index (κ2) is 9.36. The van der Waals surface area contributed by atoms with Gasteiger partial charge >= 0.3 is 16.1 Å². The summed E-state index contributed by atoms with van der Waals surface area (Å²) >= 11 is 0. The van der Waals surface area contributed by atoms with Gasteiger partial charge in [0.25, 0.3) is 0 Å². The summed E-state index contributed by atoms with van der Waals surface area (Å²) in [7, 11) is -1.32. The molecular weight excluding hydrogens is 465 g/mol. The van der Waals surface area contributed by atoms with Crippen molar-refractivity contribution in [1.29, 1.82) is 0 Å². The van der Waals surface area contributed by atoms with Crippen LogP contribution >= 0.6 is 0 Å². The third-order valence-corrected chi connectivity index (χ3v) is 6.01. The summed E-state index contributed by atoms with van der Waals surface area (Å²) in [4.78, 5) is 16.2. The van der Waals surface area contributed by atoms with E-state index in [-0.39, 0.29) is 33.6 Å². The maximum absolute atomic E-state index is 14.0. The average Bonchev–Trinajstić information content (AvgIpc) is 3.19. The van der Waals surface area contributed by atoms with Crippen molar-refractivity contribution in [2.45, 2.75) is 4.90 Å². The van der Waals surface area contributed by atoms with E-state index in [2.05, 4.69) is 4.99 Å². The van der Waals surface area contributed by atoms with Gasteiger partial charge in [-0.3, -0.25) is 0 Å². The van der Waals surface area contributed by atoms with E-state index in [1.165, 1.54) is 81.0 Å². The van der Waals surface area contributed by atoms with E-state index in [1.54, 1.807) is 6.07 Å². The number of aliphatic imine (C=N–C) groups is 1. The monoisotopic (exact) mass is 483 g/mol. The molecule has 174 valence electrons. The molecule has 0 saturated carbocycles. The molecule has 1 aliphatic heterocycles. The number of rotatable bonds is 7. The van der Waals surface area contributed by atoms with Crippen LogP contribution in [0.15, 0.2) is 82.3 Å². The van der Waals surface area contributed by atoms with Gasteiger partial charge in [0.1, 0.15) is 16.5 Å². The van der Waals surface area contributed by atoms with Crippen molar-refractivity contribution in [1.82, 2.24) is 0 Å². The van der Waals surface area contributed by atoms with Crippen molar-refractivity contribution in [2.75, 3.05) is 14.2 Å². The molecule has 3 aromatic carbocycles. The van der Waals surface area contributed by atoms with Crippen LogP contribution in [-0.4, -0.2) is 34.5 Å². The third kappa shape index (κ3) is 4.76. The van der Waals surface area contributed by atoms with E-state index in [0.717, 1.165) is 0 Å². The van der Waals surface area contributed by atoms with Gasteiger partial charge in [-0.05, 0) is 60.2 Å². The van der Waals surface area contributed by atoms with Gasteiger partial charge in [0.15, 0.2) is 17.2 Å². The number of hydrogen-bond donors (Lipinski definition) is 0. The fourth-order valence-electron chi connectivity index (χ4n) is 3.07. The number of benzene rings is 3. The Kier molecular flexibility index (Phi) is 6.33. The highest BCUT2D eigenvalue weighted by Gasteiger charge is 2.26. The van der Waals surface area contributed by atoms with Gasteiger partial charge in [-0.25, -0.2) is 14.2 Å². The highest BCUT2D eigenvalue weighted by atomic mass is 32.2. The lowest BCUT2D eigenvalue weighted by molar-refractivity contribution is -0.129. The minimum atomic E-state index is -4.14. The van der Waals surface area contributed by atoms with Gasteiger partial charge in [-0.15, -0.1) is 0 Å². The molecule has 0 unspecified atom stereocenters. The highest BCUT2D eigenvalue weighted by Crippen LogP contribution is 2.32. The summed E-state index contributed by atoms with van der Waals surface area (Å²) in [6.07, 6.45) is 1.40. The first-order valence-electron chi connectivity index (χ1n) is 9.85. The summed E-state index contributed by atoms with van der Waals surface area (Å²) in [5.74, 6) is -0.913. The number of cyclic esters (lactones) is 1.